The Morgan fingerprint density at radius 3 is 2.39 bits per heavy atom. The molecule has 144 valence electrons. The van der Waals surface area contributed by atoms with Crippen LogP contribution in [-0.4, -0.2) is 32.0 Å². The van der Waals surface area contributed by atoms with E-state index in [1.807, 2.05) is 12.1 Å². The number of imide groups is 1. The molecule has 1 aliphatic rings. The lowest BCUT2D eigenvalue weighted by atomic mass is 10.2. The maximum atomic E-state index is 12.8. The molecule has 3 rings (SSSR count). The van der Waals surface area contributed by atoms with E-state index in [2.05, 4.69) is 6.58 Å². The van der Waals surface area contributed by atoms with Gasteiger partial charge in [-0.3, -0.25) is 9.59 Å². The van der Waals surface area contributed by atoms with E-state index in [1.165, 1.54) is 14.2 Å². The highest BCUT2D eigenvalue weighted by Crippen LogP contribution is 2.41. The molecule has 0 atom stereocenters. The number of hydrogen-bond donors (Lipinski definition) is 0. The van der Waals surface area contributed by atoms with Crippen molar-refractivity contribution in [3.05, 3.63) is 65.6 Å². The molecule has 2 amide bonds. The fourth-order valence-corrected chi connectivity index (χ4v) is 3.45. The summed E-state index contributed by atoms with van der Waals surface area (Å²) < 4.78 is 15.9. The zero-order valence-electron chi connectivity index (χ0n) is 15.5. The maximum Gasteiger partial charge on any atom is 0.298 e. The number of thioether (sulfide) groups is 1. The highest BCUT2D eigenvalue weighted by molar-refractivity contribution is 8.19. The molecule has 6 nitrogen and oxygen atoms in total. The van der Waals surface area contributed by atoms with Crippen LogP contribution in [0.5, 0.6) is 17.2 Å². The van der Waals surface area contributed by atoms with Gasteiger partial charge in [-0.2, -0.15) is 0 Å². The van der Waals surface area contributed by atoms with E-state index in [0.717, 1.165) is 22.2 Å². The van der Waals surface area contributed by atoms with Crippen LogP contribution >= 0.6 is 11.8 Å². The van der Waals surface area contributed by atoms with E-state index in [4.69, 9.17) is 14.2 Å². The normalized spacial score (nSPS) is 15.1. The molecular formula is C21H19NO5S. The number of ether oxygens (including phenoxy) is 3. The summed E-state index contributed by atoms with van der Waals surface area (Å²) in [6, 6.07) is 12.2. The van der Waals surface area contributed by atoms with Crippen molar-refractivity contribution in [2.75, 3.05) is 25.7 Å². The Balaban J connectivity index is 1.85. The van der Waals surface area contributed by atoms with E-state index >= 15 is 0 Å². The van der Waals surface area contributed by atoms with Crippen molar-refractivity contribution >= 4 is 34.7 Å². The SMILES string of the molecule is C=CCOc1ccc(/C=C2\SC(=O)N(c3ccc(OC)cc3OC)C2=O)cc1. The summed E-state index contributed by atoms with van der Waals surface area (Å²) in [6.45, 7) is 4.02. The third kappa shape index (κ3) is 4.04. The predicted molar refractivity (Wildman–Crippen MR) is 110 cm³/mol. The summed E-state index contributed by atoms with van der Waals surface area (Å²) >= 11 is 0.886. The van der Waals surface area contributed by atoms with Gasteiger partial charge in [0.1, 0.15) is 23.9 Å². The molecule has 0 spiro atoms. The molecule has 0 N–H and O–H groups in total. The monoisotopic (exact) mass is 397 g/mol. The van der Waals surface area contributed by atoms with Crippen LogP contribution < -0.4 is 19.1 Å². The Morgan fingerprint density at radius 1 is 1.04 bits per heavy atom. The molecular weight excluding hydrogens is 378 g/mol. The van der Waals surface area contributed by atoms with Crippen LogP contribution in [0.2, 0.25) is 0 Å². The van der Waals surface area contributed by atoms with Gasteiger partial charge in [0.15, 0.2) is 0 Å². The molecule has 0 radical (unpaired) electrons. The fourth-order valence-electron chi connectivity index (χ4n) is 2.61. The number of nitrogens with zero attached hydrogens (tertiary/aromatic N) is 1. The second-order valence-corrected chi connectivity index (χ2v) is 6.72. The van der Waals surface area contributed by atoms with Gasteiger partial charge in [0.25, 0.3) is 11.1 Å². The van der Waals surface area contributed by atoms with Gasteiger partial charge in [0.2, 0.25) is 0 Å². The van der Waals surface area contributed by atoms with Gasteiger partial charge in [-0.25, -0.2) is 4.90 Å². The quantitative estimate of drug-likeness (QED) is 0.506. The summed E-state index contributed by atoms with van der Waals surface area (Å²) in [5.41, 5.74) is 1.17. The van der Waals surface area contributed by atoms with Crippen molar-refractivity contribution in [3.63, 3.8) is 0 Å². The van der Waals surface area contributed by atoms with Gasteiger partial charge in [-0.1, -0.05) is 24.8 Å². The zero-order valence-corrected chi connectivity index (χ0v) is 16.3. The van der Waals surface area contributed by atoms with Gasteiger partial charge in [0.05, 0.1) is 24.8 Å². The minimum absolute atomic E-state index is 0.336. The highest BCUT2D eigenvalue weighted by Gasteiger charge is 2.37. The van der Waals surface area contributed by atoms with Crippen molar-refractivity contribution < 1.29 is 23.8 Å². The lowest BCUT2D eigenvalue weighted by Gasteiger charge is -2.16. The lowest BCUT2D eigenvalue weighted by molar-refractivity contribution is -0.113. The van der Waals surface area contributed by atoms with E-state index in [1.54, 1.807) is 42.5 Å². The first kappa shape index (κ1) is 19.6. The Kier molecular flexibility index (Phi) is 6.06. The second-order valence-electron chi connectivity index (χ2n) is 5.72. The second kappa shape index (κ2) is 8.67. The molecule has 0 unspecified atom stereocenters. The largest absolute Gasteiger partial charge is 0.497 e. The molecule has 1 saturated heterocycles. The first-order valence-electron chi connectivity index (χ1n) is 8.41. The van der Waals surface area contributed by atoms with E-state index in [-0.39, 0.29) is 5.24 Å². The number of methoxy groups -OCH3 is 2. The topological polar surface area (TPSA) is 65.1 Å². The Morgan fingerprint density at radius 2 is 1.75 bits per heavy atom. The number of hydrogen-bond acceptors (Lipinski definition) is 6. The van der Waals surface area contributed by atoms with Crippen LogP contribution in [0.15, 0.2) is 60.0 Å². The molecule has 0 aromatic heterocycles. The fraction of sp³-hybridized carbons (Fsp3) is 0.143. The van der Waals surface area contributed by atoms with Crippen molar-refractivity contribution in [2.45, 2.75) is 0 Å². The Labute approximate surface area is 167 Å². The van der Waals surface area contributed by atoms with Crippen LogP contribution in [0, 0.1) is 0 Å². The Hall–Kier alpha value is -3.19. The van der Waals surface area contributed by atoms with Crippen LogP contribution in [-0.2, 0) is 4.79 Å². The maximum absolute atomic E-state index is 12.8. The summed E-state index contributed by atoms with van der Waals surface area (Å²) in [6.07, 6.45) is 3.34. The first-order valence-corrected chi connectivity index (χ1v) is 9.22. The van der Waals surface area contributed by atoms with Crippen LogP contribution in [0.4, 0.5) is 10.5 Å². The lowest BCUT2D eigenvalue weighted by Crippen LogP contribution is -2.28. The molecule has 0 bridgehead atoms. The molecule has 1 aliphatic heterocycles. The summed E-state index contributed by atoms with van der Waals surface area (Å²) in [5.74, 6) is 1.26. The third-order valence-corrected chi connectivity index (χ3v) is 4.84. The van der Waals surface area contributed by atoms with E-state index in [0.29, 0.717) is 34.4 Å². The molecule has 1 fully saturated rings. The number of anilines is 1. The molecule has 0 aliphatic carbocycles. The molecule has 0 saturated carbocycles. The van der Waals surface area contributed by atoms with Gasteiger partial charge >= 0.3 is 0 Å². The van der Waals surface area contributed by atoms with Gasteiger partial charge in [-0.05, 0) is 47.7 Å². The molecule has 1 heterocycles. The zero-order chi connectivity index (χ0) is 20.1. The minimum atomic E-state index is -0.398. The average molecular weight is 397 g/mol. The van der Waals surface area contributed by atoms with Crippen molar-refractivity contribution in [2.24, 2.45) is 0 Å². The molecule has 2 aromatic carbocycles. The highest BCUT2D eigenvalue weighted by atomic mass is 32.2. The van der Waals surface area contributed by atoms with Crippen molar-refractivity contribution in [1.82, 2.24) is 0 Å². The van der Waals surface area contributed by atoms with E-state index < -0.39 is 5.91 Å². The van der Waals surface area contributed by atoms with Crippen LogP contribution in [0.1, 0.15) is 5.56 Å². The molecule has 28 heavy (non-hydrogen) atoms. The number of rotatable bonds is 7. The average Bonchev–Trinajstić information content (AvgIpc) is 2.99. The first-order chi connectivity index (χ1) is 13.6. The van der Waals surface area contributed by atoms with Gasteiger partial charge in [0, 0.05) is 6.07 Å². The smallest absolute Gasteiger partial charge is 0.298 e. The van der Waals surface area contributed by atoms with Crippen molar-refractivity contribution in [3.8, 4) is 17.2 Å². The Bertz CT molecular complexity index is 936. The van der Waals surface area contributed by atoms with Gasteiger partial charge in [-0.15, -0.1) is 0 Å². The standard InChI is InChI=1S/C21H19NO5S/c1-4-11-27-15-7-5-14(6-8-15)12-19-20(23)22(21(24)28-19)17-10-9-16(25-2)13-18(17)26-3/h4-10,12-13H,1,11H2,2-3H3/b19-12-. The minimum Gasteiger partial charge on any atom is -0.497 e. The van der Waals surface area contributed by atoms with Crippen LogP contribution in [0.3, 0.4) is 0 Å². The summed E-state index contributed by atoms with van der Waals surface area (Å²) in [4.78, 5) is 26.8. The molecule has 2 aromatic rings. The number of carbonyl (C=O) groups excluding carboxylic acids is 2. The number of carbonyl (C=O) groups is 2. The predicted octanol–water partition coefficient (Wildman–Crippen LogP) is 4.51. The summed E-state index contributed by atoms with van der Waals surface area (Å²) in [7, 11) is 3.01. The summed E-state index contributed by atoms with van der Waals surface area (Å²) in [5, 5.41) is -0.384. The third-order valence-electron chi connectivity index (χ3n) is 3.97. The number of benzene rings is 2. The van der Waals surface area contributed by atoms with Crippen molar-refractivity contribution in [1.29, 1.82) is 0 Å². The van der Waals surface area contributed by atoms with Gasteiger partial charge < -0.3 is 14.2 Å². The van der Waals surface area contributed by atoms with Crippen LogP contribution in [0.25, 0.3) is 6.08 Å². The number of amides is 2. The molecule has 7 heteroatoms. The van der Waals surface area contributed by atoms with E-state index in [9.17, 15) is 9.59 Å².